The van der Waals surface area contributed by atoms with Crippen molar-refractivity contribution in [1.29, 1.82) is 0 Å². The highest BCUT2D eigenvalue weighted by Gasteiger charge is 2.57. The summed E-state index contributed by atoms with van der Waals surface area (Å²) in [7, 11) is 0. The molecular weight excluding hydrogens is 646 g/mol. The van der Waals surface area contributed by atoms with Gasteiger partial charge in [0, 0.05) is 45.0 Å². The number of unbranched alkanes of at least 4 members (excludes halogenated alkanes) is 10. The van der Waals surface area contributed by atoms with Crippen LogP contribution in [0.2, 0.25) is 0 Å². The molecule has 0 amide bonds. The molecule has 9 nitrogen and oxygen atoms in total. The van der Waals surface area contributed by atoms with E-state index < -0.39 is 30.5 Å². The van der Waals surface area contributed by atoms with Gasteiger partial charge in [0.2, 0.25) is 11.9 Å². The zero-order valence-corrected chi connectivity index (χ0v) is 31.0. The minimum absolute atomic E-state index is 0.165. The SMILES string of the molecule is CCCCCCCCCCCCCOC(=O)OC(C)OC(C(=O)OC1CC2CCC(C1)[N+]21CCCC1)(c1ccccc1)c1ccccc1.O=C[O-]. The Morgan fingerprint density at radius 2 is 1.27 bits per heavy atom. The van der Waals surface area contributed by atoms with Crippen molar-refractivity contribution >= 4 is 18.6 Å². The smallest absolute Gasteiger partial charge is 0.510 e. The van der Waals surface area contributed by atoms with Crippen molar-refractivity contribution in [2.24, 2.45) is 0 Å². The molecule has 1 spiro atoms. The first-order chi connectivity index (χ1) is 24.9. The summed E-state index contributed by atoms with van der Waals surface area (Å²) in [6, 6.07) is 20.0. The van der Waals surface area contributed by atoms with Crippen molar-refractivity contribution < 1.29 is 42.9 Å². The van der Waals surface area contributed by atoms with E-state index in [4.69, 9.17) is 28.8 Å². The number of rotatable bonds is 19. The molecule has 2 aromatic rings. The van der Waals surface area contributed by atoms with Gasteiger partial charge >= 0.3 is 12.1 Å². The average Bonchev–Trinajstić information content (AvgIpc) is 3.68. The van der Waals surface area contributed by atoms with E-state index in [-0.39, 0.29) is 6.10 Å². The summed E-state index contributed by atoms with van der Waals surface area (Å²) in [4.78, 5) is 35.6. The Bertz CT molecular complexity index is 1240. The zero-order chi connectivity index (χ0) is 36.4. The van der Waals surface area contributed by atoms with Crippen molar-refractivity contribution in [3.63, 3.8) is 0 Å². The van der Waals surface area contributed by atoms with Crippen LogP contribution in [0.15, 0.2) is 60.7 Å². The molecule has 3 fully saturated rings. The third-order valence-corrected chi connectivity index (χ3v) is 11.3. The molecule has 0 aromatic heterocycles. The number of hydrogen-bond donors (Lipinski definition) is 0. The van der Waals surface area contributed by atoms with Crippen LogP contribution in [-0.2, 0) is 34.1 Å². The molecular formula is C42H61NO8. The van der Waals surface area contributed by atoms with Gasteiger partial charge in [-0.15, -0.1) is 0 Å². The van der Waals surface area contributed by atoms with Crippen molar-refractivity contribution in [3.05, 3.63) is 71.8 Å². The Kier molecular flexibility index (Phi) is 16.8. The summed E-state index contributed by atoms with van der Waals surface area (Å²) in [5.41, 5.74) is -0.352. The Morgan fingerprint density at radius 1 is 0.804 bits per heavy atom. The second-order valence-electron chi connectivity index (χ2n) is 14.6. The maximum atomic E-state index is 14.6. The summed E-state index contributed by atoms with van der Waals surface area (Å²) < 4.78 is 25.3. The Balaban J connectivity index is 0.00000188. The third-order valence-electron chi connectivity index (χ3n) is 11.3. The molecule has 2 bridgehead atoms. The third kappa shape index (κ3) is 11.0. The van der Waals surface area contributed by atoms with Gasteiger partial charge in [-0.1, -0.05) is 132 Å². The van der Waals surface area contributed by atoms with Crippen LogP contribution in [0.1, 0.15) is 134 Å². The number of nitrogens with zero attached hydrogens (tertiary/aromatic N) is 1. The summed E-state index contributed by atoms with van der Waals surface area (Å²) in [6.45, 7) is 6.22. The van der Waals surface area contributed by atoms with Gasteiger partial charge in [-0.3, -0.25) is 0 Å². The predicted octanol–water partition coefficient (Wildman–Crippen LogP) is 7.97. The Labute approximate surface area is 305 Å². The molecule has 5 rings (SSSR count). The largest absolute Gasteiger partial charge is 0.554 e. The first kappa shape index (κ1) is 40.3. The molecule has 0 saturated carbocycles. The molecule has 3 saturated heterocycles. The summed E-state index contributed by atoms with van der Waals surface area (Å²) in [6.07, 6.45) is 18.3. The Morgan fingerprint density at radius 3 is 1.76 bits per heavy atom. The molecule has 3 aliphatic heterocycles. The number of ether oxygens (including phenoxy) is 4. The number of hydrogen-bond acceptors (Lipinski definition) is 8. The van der Waals surface area contributed by atoms with Crippen LogP contribution in [0.5, 0.6) is 0 Å². The number of carboxylic acid groups (broad SMARTS) is 1. The maximum Gasteiger partial charge on any atom is 0.510 e. The van der Waals surface area contributed by atoms with Gasteiger partial charge in [-0.05, 0) is 24.5 Å². The van der Waals surface area contributed by atoms with Gasteiger partial charge in [-0.25, -0.2) is 9.59 Å². The van der Waals surface area contributed by atoms with Crippen LogP contribution in [0.25, 0.3) is 0 Å². The average molecular weight is 708 g/mol. The van der Waals surface area contributed by atoms with Crippen LogP contribution < -0.4 is 5.11 Å². The number of carbonyl (C=O) groups is 3. The molecule has 3 heterocycles. The molecule has 3 aliphatic rings. The van der Waals surface area contributed by atoms with E-state index in [0.29, 0.717) is 29.8 Å². The first-order valence-electron chi connectivity index (χ1n) is 19.6. The molecule has 51 heavy (non-hydrogen) atoms. The van der Waals surface area contributed by atoms with E-state index in [2.05, 4.69) is 6.92 Å². The zero-order valence-electron chi connectivity index (χ0n) is 31.0. The van der Waals surface area contributed by atoms with E-state index in [9.17, 15) is 9.59 Å². The van der Waals surface area contributed by atoms with E-state index in [1.807, 2.05) is 60.7 Å². The van der Waals surface area contributed by atoms with Crippen molar-refractivity contribution in [2.75, 3.05) is 19.7 Å². The highest BCUT2D eigenvalue weighted by Crippen LogP contribution is 2.47. The number of benzene rings is 2. The molecule has 3 unspecified atom stereocenters. The van der Waals surface area contributed by atoms with E-state index in [1.54, 1.807) is 6.92 Å². The molecule has 2 aromatic carbocycles. The van der Waals surface area contributed by atoms with Crippen molar-refractivity contribution in [1.82, 2.24) is 0 Å². The number of quaternary nitrogens is 1. The standard InChI is InChI=1S/C41H60NO6.CH2O2/c1-3-4-5-6-7-8-9-10-11-12-21-30-45-40(44)46-33(2)48-41(34-22-15-13-16-23-34,35-24-17-14-18-25-35)39(43)47-38-31-36-26-27-37(32-38)42(36)28-19-20-29-42;2-1-3/h13-18,22-25,33,36-38H,3-12,19-21,26-32H2,1-2H3;1H,(H,2,3)/q+1;/p-1. The second-order valence-corrected chi connectivity index (χ2v) is 14.6. The molecule has 282 valence electrons. The Hall–Kier alpha value is -3.43. The van der Waals surface area contributed by atoms with Crippen LogP contribution in [0.4, 0.5) is 4.79 Å². The van der Waals surface area contributed by atoms with Gasteiger partial charge in [0.05, 0.1) is 31.8 Å². The van der Waals surface area contributed by atoms with Gasteiger partial charge in [0.1, 0.15) is 6.10 Å². The lowest BCUT2D eigenvalue weighted by Crippen LogP contribution is -2.60. The predicted molar refractivity (Wildman–Crippen MR) is 194 cm³/mol. The number of piperidine rings is 1. The summed E-state index contributed by atoms with van der Waals surface area (Å²) >= 11 is 0. The van der Waals surface area contributed by atoms with Crippen molar-refractivity contribution in [3.8, 4) is 0 Å². The van der Waals surface area contributed by atoms with Crippen LogP contribution in [0.3, 0.4) is 0 Å². The van der Waals surface area contributed by atoms with E-state index in [0.717, 1.165) is 32.1 Å². The number of carbonyl (C=O) groups excluding carboxylic acids is 3. The first-order valence-corrected chi connectivity index (χ1v) is 19.6. The molecule has 0 aliphatic carbocycles. The quantitative estimate of drug-likeness (QED) is 0.0476. The second kappa shape index (κ2) is 21.2. The molecule has 9 heteroatoms. The lowest BCUT2D eigenvalue weighted by molar-refractivity contribution is -0.956. The lowest BCUT2D eigenvalue weighted by Gasteiger charge is -2.47. The molecule has 0 N–H and O–H groups in total. The van der Waals surface area contributed by atoms with Crippen LogP contribution in [-0.4, -0.2) is 67.3 Å². The van der Waals surface area contributed by atoms with Gasteiger partial charge in [0.25, 0.3) is 0 Å². The number of esters is 1. The monoisotopic (exact) mass is 707 g/mol. The minimum atomic E-state index is -1.62. The topological polar surface area (TPSA) is 111 Å². The fraction of sp³-hybridized carbons (Fsp3) is 0.643. The van der Waals surface area contributed by atoms with Crippen LogP contribution >= 0.6 is 0 Å². The maximum absolute atomic E-state index is 14.6. The minimum Gasteiger partial charge on any atom is -0.554 e. The highest BCUT2D eigenvalue weighted by molar-refractivity contribution is 5.86. The van der Waals surface area contributed by atoms with Gasteiger partial charge in [0.15, 0.2) is 0 Å². The van der Waals surface area contributed by atoms with Gasteiger partial charge in [-0.2, -0.15) is 0 Å². The van der Waals surface area contributed by atoms with Crippen LogP contribution in [0, 0.1) is 0 Å². The van der Waals surface area contributed by atoms with Crippen molar-refractivity contribution in [2.45, 2.75) is 153 Å². The van der Waals surface area contributed by atoms with E-state index >= 15 is 0 Å². The lowest BCUT2D eigenvalue weighted by atomic mass is 9.85. The summed E-state index contributed by atoms with van der Waals surface area (Å²) in [5.74, 6) is -0.469. The summed E-state index contributed by atoms with van der Waals surface area (Å²) in [5, 5.41) is 8.25. The fourth-order valence-corrected chi connectivity index (χ4v) is 8.84. The molecule has 3 atom stereocenters. The van der Waals surface area contributed by atoms with E-state index in [1.165, 1.54) is 94.6 Å². The highest BCUT2D eigenvalue weighted by atomic mass is 16.8. The normalized spacial score (nSPS) is 20.9. The van der Waals surface area contributed by atoms with Gasteiger partial charge < -0.3 is 33.3 Å². The molecule has 0 radical (unpaired) electrons. The fourth-order valence-electron chi connectivity index (χ4n) is 8.84.